The van der Waals surface area contributed by atoms with Crippen LogP contribution in [0.15, 0.2) is 24.4 Å². The predicted octanol–water partition coefficient (Wildman–Crippen LogP) is 3.54. The Morgan fingerprint density at radius 2 is 1.88 bits per heavy atom. The fourth-order valence-corrected chi connectivity index (χ4v) is 1.45. The van der Waals surface area contributed by atoms with Crippen LogP contribution in [0.3, 0.4) is 0 Å². The van der Waals surface area contributed by atoms with E-state index in [4.69, 9.17) is 0 Å². The Bertz CT molecular complexity index is 543. The van der Waals surface area contributed by atoms with Crippen LogP contribution in [0.5, 0.6) is 0 Å². The first kappa shape index (κ1) is 11.6. The number of hydrogen-bond acceptors (Lipinski definition) is 1. The molecule has 0 saturated carbocycles. The molecule has 1 N–H and O–H groups in total. The summed E-state index contributed by atoms with van der Waals surface area (Å²) >= 11 is 0. The molecular weight excluding hydrogens is 236 g/mol. The van der Waals surface area contributed by atoms with Gasteiger partial charge in [0.05, 0.1) is 5.56 Å². The summed E-state index contributed by atoms with van der Waals surface area (Å²) in [7, 11) is 0. The smallest absolute Gasteiger partial charge is 0.342 e. The summed E-state index contributed by atoms with van der Waals surface area (Å²) in [4.78, 5) is 6.61. The van der Waals surface area contributed by atoms with Crippen molar-refractivity contribution in [1.82, 2.24) is 9.97 Å². The molecule has 0 saturated heterocycles. The van der Waals surface area contributed by atoms with Gasteiger partial charge in [-0.1, -0.05) is 0 Å². The maximum atomic E-state index is 13.1. The molecule has 0 radical (unpaired) electrons. The van der Waals surface area contributed by atoms with Crippen LogP contribution in [0.4, 0.5) is 17.6 Å². The molecule has 2 aromatic rings. The second-order valence-corrected chi connectivity index (χ2v) is 3.64. The van der Waals surface area contributed by atoms with Crippen molar-refractivity contribution < 1.29 is 17.6 Å². The van der Waals surface area contributed by atoms with E-state index >= 15 is 0 Å². The fraction of sp³-hybridized carbons (Fsp3) is 0.182. The van der Waals surface area contributed by atoms with Gasteiger partial charge in [-0.05, 0) is 25.1 Å². The van der Waals surface area contributed by atoms with Crippen LogP contribution in [0.1, 0.15) is 11.3 Å². The molecule has 1 heterocycles. The fourth-order valence-electron chi connectivity index (χ4n) is 1.45. The highest BCUT2D eigenvalue weighted by Crippen LogP contribution is 2.32. The molecular formula is C11H8F4N2. The maximum absolute atomic E-state index is 13.1. The normalized spacial score (nSPS) is 11.8. The summed E-state index contributed by atoms with van der Waals surface area (Å²) in [6.45, 7) is 1.71. The molecule has 0 aliphatic heterocycles. The minimum Gasteiger partial charge on any atom is -0.342 e. The van der Waals surface area contributed by atoms with Crippen molar-refractivity contribution in [2.75, 3.05) is 0 Å². The van der Waals surface area contributed by atoms with Gasteiger partial charge in [0.1, 0.15) is 11.6 Å². The summed E-state index contributed by atoms with van der Waals surface area (Å²) in [5, 5.41) is 0. The van der Waals surface area contributed by atoms with E-state index in [0.29, 0.717) is 11.8 Å². The van der Waals surface area contributed by atoms with Gasteiger partial charge in [0, 0.05) is 17.5 Å². The summed E-state index contributed by atoms with van der Waals surface area (Å²) < 4.78 is 50.5. The largest absolute Gasteiger partial charge is 0.416 e. The number of aryl methyl sites for hydroxylation is 1. The third kappa shape index (κ3) is 2.46. The van der Waals surface area contributed by atoms with Crippen molar-refractivity contribution in [3.8, 4) is 11.4 Å². The van der Waals surface area contributed by atoms with Gasteiger partial charge in [-0.2, -0.15) is 13.2 Å². The monoisotopic (exact) mass is 244 g/mol. The number of benzene rings is 1. The molecule has 0 fully saturated rings. The number of H-pyrrole nitrogens is 1. The van der Waals surface area contributed by atoms with Crippen molar-refractivity contribution in [2.24, 2.45) is 0 Å². The average Bonchev–Trinajstić information content (AvgIpc) is 2.62. The van der Waals surface area contributed by atoms with Crippen LogP contribution in [-0.2, 0) is 6.18 Å². The summed E-state index contributed by atoms with van der Waals surface area (Å²) in [5.74, 6) is -0.726. The van der Waals surface area contributed by atoms with Gasteiger partial charge in [-0.25, -0.2) is 9.37 Å². The number of aromatic nitrogens is 2. The molecule has 0 bridgehead atoms. The second kappa shape index (κ2) is 3.87. The Balaban J connectivity index is 2.52. The first-order valence-corrected chi connectivity index (χ1v) is 4.76. The van der Waals surface area contributed by atoms with E-state index < -0.39 is 17.6 Å². The number of hydrogen-bond donors (Lipinski definition) is 1. The lowest BCUT2D eigenvalue weighted by Crippen LogP contribution is -2.05. The van der Waals surface area contributed by atoms with Crippen LogP contribution in [0, 0.1) is 12.7 Å². The van der Waals surface area contributed by atoms with E-state index in [2.05, 4.69) is 9.97 Å². The SMILES string of the molecule is Cc1cnc(-c2cc(F)cc(C(F)(F)F)c2)[nH]1. The molecule has 1 aromatic heterocycles. The molecule has 17 heavy (non-hydrogen) atoms. The lowest BCUT2D eigenvalue weighted by Gasteiger charge is -2.08. The number of halogens is 4. The molecule has 0 aliphatic carbocycles. The van der Waals surface area contributed by atoms with Crippen LogP contribution in [-0.4, -0.2) is 9.97 Å². The molecule has 0 aliphatic rings. The van der Waals surface area contributed by atoms with Crippen LogP contribution >= 0.6 is 0 Å². The van der Waals surface area contributed by atoms with Crippen molar-refractivity contribution in [3.05, 3.63) is 41.5 Å². The highest BCUT2D eigenvalue weighted by Gasteiger charge is 2.31. The highest BCUT2D eigenvalue weighted by molar-refractivity contribution is 5.57. The standard InChI is InChI=1S/C11H8F4N2/c1-6-5-16-10(17-6)7-2-8(11(13,14)15)4-9(12)3-7/h2-5H,1H3,(H,16,17). The molecule has 0 atom stereocenters. The molecule has 90 valence electrons. The van der Waals surface area contributed by atoms with Gasteiger partial charge in [0.2, 0.25) is 0 Å². The Morgan fingerprint density at radius 1 is 1.18 bits per heavy atom. The number of alkyl halides is 3. The summed E-state index contributed by atoms with van der Waals surface area (Å²) in [6.07, 6.45) is -3.11. The summed E-state index contributed by atoms with van der Waals surface area (Å²) in [5.41, 5.74) is -0.259. The van der Waals surface area contributed by atoms with Crippen molar-refractivity contribution in [2.45, 2.75) is 13.1 Å². The Labute approximate surface area is 94.3 Å². The zero-order valence-electron chi connectivity index (χ0n) is 8.77. The van der Waals surface area contributed by atoms with Crippen LogP contribution in [0.2, 0.25) is 0 Å². The maximum Gasteiger partial charge on any atom is 0.416 e. The number of nitrogens with one attached hydrogen (secondary N) is 1. The van der Waals surface area contributed by atoms with Gasteiger partial charge in [-0.15, -0.1) is 0 Å². The second-order valence-electron chi connectivity index (χ2n) is 3.64. The Kier molecular flexibility index (Phi) is 2.65. The Morgan fingerprint density at radius 3 is 2.41 bits per heavy atom. The van der Waals surface area contributed by atoms with E-state index in [9.17, 15) is 17.6 Å². The van der Waals surface area contributed by atoms with Gasteiger partial charge in [0.15, 0.2) is 0 Å². The van der Waals surface area contributed by atoms with Crippen LogP contribution in [0.25, 0.3) is 11.4 Å². The van der Waals surface area contributed by atoms with E-state index in [1.54, 1.807) is 6.92 Å². The third-order valence-corrected chi connectivity index (χ3v) is 2.20. The van der Waals surface area contributed by atoms with Gasteiger partial charge in [-0.3, -0.25) is 0 Å². The van der Waals surface area contributed by atoms with E-state index in [-0.39, 0.29) is 11.4 Å². The van der Waals surface area contributed by atoms with Crippen molar-refractivity contribution in [1.29, 1.82) is 0 Å². The minimum atomic E-state index is -4.57. The highest BCUT2D eigenvalue weighted by atomic mass is 19.4. The number of rotatable bonds is 1. The number of aromatic amines is 1. The molecule has 0 unspecified atom stereocenters. The van der Waals surface area contributed by atoms with Crippen molar-refractivity contribution in [3.63, 3.8) is 0 Å². The average molecular weight is 244 g/mol. The van der Waals surface area contributed by atoms with Gasteiger partial charge < -0.3 is 4.98 Å². The van der Waals surface area contributed by atoms with E-state index in [1.165, 1.54) is 6.20 Å². The topological polar surface area (TPSA) is 28.7 Å². The van der Waals surface area contributed by atoms with Gasteiger partial charge >= 0.3 is 6.18 Å². The minimum absolute atomic E-state index is 0.0745. The molecule has 2 nitrogen and oxygen atoms in total. The van der Waals surface area contributed by atoms with Gasteiger partial charge in [0.25, 0.3) is 0 Å². The number of nitrogens with zero attached hydrogens (tertiary/aromatic N) is 1. The molecule has 0 amide bonds. The predicted molar refractivity (Wildman–Crippen MR) is 53.7 cm³/mol. The first-order chi connectivity index (χ1) is 7.86. The quantitative estimate of drug-likeness (QED) is 0.763. The zero-order chi connectivity index (χ0) is 12.6. The first-order valence-electron chi connectivity index (χ1n) is 4.76. The molecule has 0 spiro atoms. The van der Waals surface area contributed by atoms with Crippen molar-refractivity contribution >= 4 is 0 Å². The Hall–Kier alpha value is -1.85. The molecule has 2 rings (SSSR count). The third-order valence-electron chi connectivity index (χ3n) is 2.20. The summed E-state index contributed by atoms with van der Waals surface area (Å²) in [6, 6.07) is 2.33. The lowest BCUT2D eigenvalue weighted by atomic mass is 10.1. The number of imidazole rings is 1. The zero-order valence-corrected chi connectivity index (χ0v) is 8.77. The molecule has 1 aromatic carbocycles. The van der Waals surface area contributed by atoms with E-state index in [0.717, 1.165) is 12.1 Å². The lowest BCUT2D eigenvalue weighted by molar-refractivity contribution is -0.137. The molecule has 6 heteroatoms. The van der Waals surface area contributed by atoms with Crippen LogP contribution < -0.4 is 0 Å². The van der Waals surface area contributed by atoms with E-state index in [1.807, 2.05) is 0 Å².